The number of nitrogens with two attached hydrogens (primary N) is 1. The monoisotopic (exact) mass is 303 g/mol. The fraction of sp³-hybridized carbons (Fsp3) is 0.200. The number of hydrogen-bond acceptors (Lipinski definition) is 6. The molecule has 0 aromatic heterocycles. The van der Waals surface area contributed by atoms with Gasteiger partial charge in [-0.05, 0) is 18.2 Å². The van der Waals surface area contributed by atoms with Gasteiger partial charge in [-0.2, -0.15) is 0 Å². The van der Waals surface area contributed by atoms with E-state index in [9.17, 15) is 15.2 Å². The molecule has 0 fully saturated rings. The van der Waals surface area contributed by atoms with Crippen LogP contribution in [0.5, 0.6) is 5.75 Å². The minimum Gasteiger partial charge on any atom is -0.489 e. The van der Waals surface area contributed by atoms with Crippen molar-refractivity contribution in [2.24, 2.45) is 0 Å². The number of nitrogens with one attached hydrogen (secondary N) is 1. The Hall–Kier alpha value is -2.80. The lowest BCUT2D eigenvalue weighted by atomic mass is 10.2. The van der Waals surface area contributed by atoms with Crippen molar-refractivity contribution in [3.63, 3.8) is 0 Å². The maximum atomic E-state index is 10.6. The van der Waals surface area contributed by atoms with Crippen molar-refractivity contribution in [3.05, 3.63) is 58.6 Å². The standard InChI is InChI=1S/C15H17N3O4/c16-14-8-12(18(20)21)6-7-15(14)22-10-13(19)9-17-11-4-2-1-3-5-11/h1-8,13,17,19H,9-10,16H2. The molecule has 22 heavy (non-hydrogen) atoms. The number of nitrogen functional groups attached to an aromatic ring is 1. The first-order valence-corrected chi connectivity index (χ1v) is 6.70. The second kappa shape index (κ2) is 7.28. The minimum atomic E-state index is -0.741. The molecule has 0 aliphatic heterocycles. The Balaban J connectivity index is 1.83. The van der Waals surface area contributed by atoms with Gasteiger partial charge in [-0.15, -0.1) is 0 Å². The number of non-ortho nitro benzene ring substituents is 1. The lowest BCUT2D eigenvalue weighted by Gasteiger charge is -2.15. The number of rotatable bonds is 7. The second-order valence-electron chi connectivity index (χ2n) is 4.69. The summed E-state index contributed by atoms with van der Waals surface area (Å²) in [5.41, 5.74) is 6.65. The highest BCUT2D eigenvalue weighted by molar-refractivity contribution is 5.58. The van der Waals surface area contributed by atoms with E-state index in [1.54, 1.807) is 0 Å². The molecule has 2 aromatic carbocycles. The number of aliphatic hydroxyl groups excluding tert-OH is 1. The molecule has 0 radical (unpaired) electrons. The Morgan fingerprint density at radius 1 is 1.27 bits per heavy atom. The van der Waals surface area contributed by atoms with Gasteiger partial charge >= 0.3 is 0 Å². The zero-order chi connectivity index (χ0) is 15.9. The van der Waals surface area contributed by atoms with Gasteiger partial charge in [-0.1, -0.05) is 18.2 Å². The van der Waals surface area contributed by atoms with Crippen LogP contribution in [0.1, 0.15) is 0 Å². The first-order chi connectivity index (χ1) is 10.6. The number of aliphatic hydroxyl groups is 1. The summed E-state index contributed by atoms with van der Waals surface area (Å²) in [5.74, 6) is 0.310. The van der Waals surface area contributed by atoms with E-state index in [1.165, 1.54) is 18.2 Å². The SMILES string of the molecule is Nc1cc([N+](=O)[O-])ccc1OCC(O)CNc1ccccc1. The van der Waals surface area contributed by atoms with E-state index in [2.05, 4.69) is 5.32 Å². The van der Waals surface area contributed by atoms with Gasteiger partial charge < -0.3 is 20.9 Å². The second-order valence-corrected chi connectivity index (χ2v) is 4.69. The number of nitrogens with zero attached hydrogens (tertiary/aromatic N) is 1. The highest BCUT2D eigenvalue weighted by Gasteiger charge is 2.11. The van der Waals surface area contributed by atoms with Gasteiger partial charge in [0.2, 0.25) is 0 Å². The van der Waals surface area contributed by atoms with Crippen LogP contribution in [0.25, 0.3) is 0 Å². The van der Waals surface area contributed by atoms with Crippen LogP contribution in [0.15, 0.2) is 48.5 Å². The van der Waals surface area contributed by atoms with E-state index in [0.29, 0.717) is 12.3 Å². The average molecular weight is 303 g/mol. The maximum Gasteiger partial charge on any atom is 0.271 e. The summed E-state index contributed by atoms with van der Waals surface area (Å²) in [6.45, 7) is 0.346. The molecule has 0 aliphatic carbocycles. The molecule has 4 N–H and O–H groups in total. The number of nitro groups is 1. The number of ether oxygens (including phenoxy) is 1. The van der Waals surface area contributed by atoms with Crippen molar-refractivity contribution in [1.82, 2.24) is 0 Å². The van der Waals surface area contributed by atoms with Gasteiger partial charge in [-0.3, -0.25) is 10.1 Å². The molecule has 1 atom stereocenters. The van der Waals surface area contributed by atoms with E-state index in [1.807, 2.05) is 30.3 Å². The first-order valence-electron chi connectivity index (χ1n) is 6.70. The maximum absolute atomic E-state index is 10.6. The topological polar surface area (TPSA) is 111 Å². The lowest BCUT2D eigenvalue weighted by molar-refractivity contribution is -0.384. The van der Waals surface area contributed by atoms with Crippen LogP contribution >= 0.6 is 0 Å². The number of hydrogen-bond donors (Lipinski definition) is 3. The normalized spacial score (nSPS) is 11.7. The van der Waals surface area contributed by atoms with E-state index < -0.39 is 11.0 Å². The van der Waals surface area contributed by atoms with Gasteiger partial charge in [-0.25, -0.2) is 0 Å². The number of anilines is 2. The molecule has 0 amide bonds. The fourth-order valence-corrected chi connectivity index (χ4v) is 1.82. The summed E-state index contributed by atoms with van der Waals surface area (Å²) in [5, 5.41) is 23.5. The molecule has 0 heterocycles. The summed E-state index contributed by atoms with van der Waals surface area (Å²) < 4.78 is 5.38. The van der Waals surface area contributed by atoms with Crippen LogP contribution in [0.3, 0.4) is 0 Å². The molecular weight excluding hydrogens is 286 g/mol. The zero-order valence-corrected chi connectivity index (χ0v) is 11.8. The van der Waals surface area contributed by atoms with Gasteiger partial charge in [0, 0.05) is 24.4 Å². The third-order valence-corrected chi connectivity index (χ3v) is 2.95. The van der Waals surface area contributed by atoms with Crippen molar-refractivity contribution >= 4 is 17.1 Å². The fourth-order valence-electron chi connectivity index (χ4n) is 1.82. The number of benzene rings is 2. The van der Waals surface area contributed by atoms with Crippen LogP contribution in [-0.2, 0) is 0 Å². The molecule has 0 spiro atoms. The molecule has 0 bridgehead atoms. The van der Waals surface area contributed by atoms with Crippen LogP contribution in [-0.4, -0.2) is 29.3 Å². The van der Waals surface area contributed by atoms with Crippen molar-refractivity contribution < 1.29 is 14.8 Å². The summed E-state index contributed by atoms with van der Waals surface area (Å²) in [4.78, 5) is 10.1. The molecule has 116 valence electrons. The largest absolute Gasteiger partial charge is 0.489 e. The molecule has 2 aromatic rings. The van der Waals surface area contributed by atoms with E-state index in [-0.39, 0.29) is 18.0 Å². The van der Waals surface area contributed by atoms with Crippen molar-refractivity contribution in [3.8, 4) is 5.75 Å². The predicted molar refractivity (Wildman–Crippen MR) is 83.9 cm³/mol. The molecule has 7 heteroatoms. The van der Waals surface area contributed by atoms with E-state index >= 15 is 0 Å². The Morgan fingerprint density at radius 2 is 2.00 bits per heavy atom. The quantitative estimate of drug-likeness (QED) is 0.410. The van der Waals surface area contributed by atoms with Crippen LogP contribution in [0.4, 0.5) is 17.1 Å². The number of para-hydroxylation sites is 1. The van der Waals surface area contributed by atoms with Gasteiger partial charge in [0.1, 0.15) is 18.5 Å². The summed E-state index contributed by atoms with van der Waals surface area (Å²) in [6.07, 6.45) is -0.741. The molecule has 0 saturated carbocycles. The number of nitro benzene ring substituents is 1. The van der Waals surface area contributed by atoms with E-state index in [0.717, 1.165) is 5.69 Å². The Morgan fingerprint density at radius 3 is 2.64 bits per heavy atom. The van der Waals surface area contributed by atoms with Gasteiger partial charge in [0.25, 0.3) is 5.69 Å². The molecular formula is C15H17N3O4. The molecule has 0 aliphatic rings. The Bertz CT molecular complexity index is 634. The minimum absolute atomic E-state index is 0.0296. The summed E-state index contributed by atoms with van der Waals surface area (Å²) >= 11 is 0. The molecule has 1 unspecified atom stereocenters. The highest BCUT2D eigenvalue weighted by Crippen LogP contribution is 2.26. The lowest BCUT2D eigenvalue weighted by Crippen LogP contribution is -2.26. The van der Waals surface area contributed by atoms with Crippen molar-refractivity contribution in [2.75, 3.05) is 24.2 Å². The predicted octanol–water partition coefficient (Wildman–Crippen LogP) is 2.03. The van der Waals surface area contributed by atoms with E-state index in [4.69, 9.17) is 10.5 Å². The molecule has 0 saturated heterocycles. The van der Waals surface area contributed by atoms with Gasteiger partial charge in [0.05, 0.1) is 10.6 Å². The van der Waals surface area contributed by atoms with Crippen molar-refractivity contribution in [1.29, 1.82) is 0 Å². The zero-order valence-electron chi connectivity index (χ0n) is 11.8. The summed E-state index contributed by atoms with van der Waals surface area (Å²) in [7, 11) is 0. The Labute approximate surface area is 127 Å². The van der Waals surface area contributed by atoms with Gasteiger partial charge in [0.15, 0.2) is 0 Å². The molecule has 2 rings (SSSR count). The smallest absolute Gasteiger partial charge is 0.271 e. The summed E-state index contributed by atoms with van der Waals surface area (Å²) in [6, 6.07) is 13.4. The molecule has 7 nitrogen and oxygen atoms in total. The Kier molecular flexibility index (Phi) is 5.16. The van der Waals surface area contributed by atoms with Crippen molar-refractivity contribution in [2.45, 2.75) is 6.10 Å². The van der Waals surface area contributed by atoms with Crippen LogP contribution in [0.2, 0.25) is 0 Å². The highest BCUT2D eigenvalue weighted by atomic mass is 16.6. The van der Waals surface area contributed by atoms with Crippen LogP contribution in [0, 0.1) is 10.1 Å². The third kappa shape index (κ3) is 4.35. The first kappa shape index (κ1) is 15.6. The third-order valence-electron chi connectivity index (χ3n) is 2.95. The van der Waals surface area contributed by atoms with Crippen LogP contribution < -0.4 is 15.8 Å². The average Bonchev–Trinajstić information content (AvgIpc) is 2.52.